The monoisotopic (exact) mass is 428 g/mol. The molecule has 0 radical (unpaired) electrons. The Bertz CT molecular complexity index is 1130. The van der Waals surface area contributed by atoms with E-state index in [0.717, 1.165) is 16.8 Å². The Morgan fingerprint density at radius 3 is 2.19 bits per heavy atom. The summed E-state index contributed by atoms with van der Waals surface area (Å²) < 4.78 is 5.48. The number of ether oxygens (including phenoxy) is 1. The molecule has 2 aliphatic heterocycles. The summed E-state index contributed by atoms with van der Waals surface area (Å²) in [7, 11) is 0. The first-order valence-electron chi connectivity index (χ1n) is 10.8. The summed E-state index contributed by atoms with van der Waals surface area (Å²) in [5, 5.41) is 1.71. The molecule has 2 amide bonds. The maximum absolute atomic E-state index is 13.6. The van der Waals surface area contributed by atoms with Crippen molar-refractivity contribution in [3.8, 4) is 5.75 Å². The average Bonchev–Trinajstić information content (AvgIpc) is 3.32. The number of hydrogen-bond acceptors (Lipinski definition) is 5. The Labute approximate surface area is 186 Å². The Morgan fingerprint density at radius 2 is 1.53 bits per heavy atom. The van der Waals surface area contributed by atoms with Crippen LogP contribution in [0.4, 0.5) is 11.4 Å². The maximum Gasteiger partial charge on any atom is 0.266 e. The molecule has 0 saturated carbocycles. The second kappa shape index (κ2) is 8.13. The Kier molecular flexibility index (Phi) is 5.15. The molecule has 0 unspecified atom stereocenters. The molecule has 2 saturated heterocycles. The molecule has 3 atom stereocenters. The van der Waals surface area contributed by atoms with Gasteiger partial charge in [0.15, 0.2) is 6.10 Å². The van der Waals surface area contributed by atoms with Gasteiger partial charge in [0.1, 0.15) is 11.7 Å². The average molecular weight is 428 g/mol. The Balaban J connectivity index is 1.53. The number of anilines is 2. The molecule has 6 heteroatoms. The summed E-state index contributed by atoms with van der Waals surface area (Å²) in [5.74, 6) is -0.551. The highest BCUT2D eigenvalue weighted by molar-refractivity contribution is 6.23. The number of rotatable bonds is 5. The molecule has 0 aliphatic carbocycles. The van der Waals surface area contributed by atoms with Crippen LogP contribution in [0.25, 0.3) is 0 Å². The van der Waals surface area contributed by atoms with Gasteiger partial charge in [-0.1, -0.05) is 48.0 Å². The summed E-state index contributed by atoms with van der Waals surface area (Å²) in [6, 6.07) is 24.2. The molecule has 162 valence electrons. The van der Waals surface area contributed by atoms with Crippen molar-refractivity contribution >= 4 is 23.2 Å². The lowest BCUT2D eigenvalue weighted by Crippen LogP contribution is -2.37. The first kappa shape index (κ1) is 20.3. The van der Waals surface area contributed by atoms with Crippen LogP contribution in [0.15, 0.2) is 78.9 Å². The summed E-state index contributed by atoms with van der Waals surface area (Å²) in [6.07, 6.45) is -0.874. The van der Waals surface area contributed by atoms with Gasteiger partial charge in [-0.25, -0.2) is 9.96 Å². The quantitative estimate of drug-likeness (QED) is 0.562. The molecule has 0 spiro atoms. The Hall–Kier alpha value is -3.64. The minimum absolute atomic E-state index is 0.256. The van der Waals surface area contributed by atoms with Gasteiger partial charge in [-0.3, -0.25) is 14.4 Å². The van der Waals surface area contributed by atoms with Gasteiger partial charge in [-0.15, -0.1) is 0 Å². The molecular weight excluding hydrogens is 404 g/mol. The van der Waals surface area contributed by atoms with E-state index >= 15 is 0 Å². The number of hydrogen-bond donors (Lipinski definition) is 0. The highest BCUT2D eigenvalue weighted by atomic mass is 16.7. The van der Waals surface area contributed by atoms with Crippen molar-refractivity contribution in [3.63, 3.8) is 0 Å². The van der Waals surface area contributed by atoms with Crippen LogP contribution < -0.4 is 14.7 Å². The second-order valence-electron chi connectivity index (χ2n) is 8.01. The molecule has 5 rings (SSSR count). The van der Waals surface area contributed by atoms with Gasteiger partial charge < -0.3 is 4.74 Å². The van der Waals surface area contributed by atoms with E-state index in [4.69, 9.17) is 9.57 Å². The number of carbonyl (C=O) groups is 2. The van der Waals surface area contributed by atoms with Gasteiger partial charge in [0.25, 0.3) is 5.91 Å². The predicted molar refractivity (Wildman–Crippen MR) is 121 cm³/mol. The van der Waals surface area contributed by atoms with Gasteiger partial charge in [0, 0.05) is 0 Å². The number of nitrogens with zero attached hydrogens (tertiary/aromatic N) is 2. The zero-order valence-corrected chi connectivity index (χ0v) is 18.0. The normalized spacial score (nSPS) is 22.4. The van der Waals surface area contributed by atoms with E-state index in [1.165, 1.54) is 4.90 Å². The highest BCUT2D eigenvalue weighted by Gasteiger charge is 2.60. The minimum Gasteiger partial charge on any atom is -0.494 e. The third-order valence-corrected chi connectivity index (χ3v) is 5.95. The van der Waals surface area contributed by atoms with E-state index in [1.54, 1.807) is 29.3 Å². The van der Waals surface area contributed by atoms with Crippen LogP contribution in [0, 0.1) is 12.8 Å². The maximum atomic E-state index is 13.6. The predicted octanol–water partition coefficient (Wildman–Crippen LogP) is 4.44. The summed E-state index contributed by atoms with van der Waals surface area (Å²) in [4.78, 5) is 34.3. The molecule has 2 aliphatic rings. The molecule has 3 aromatic carbocycles. The van der Waals surface area contributed by atoms with E-state index in [9.17, 15) is 9.59 Å². The van der Waals surface area contributed by atoms with Crippen molar-refractivity contribution in [2.45, 2.75) is 26.0 Å². The lowest BCUT2D eigenvalue weighted by molar-refractivity contribution is -0.126. The number of amides is 2. The lowest BCUT2D eigenvalue weighted by Gasteiger charge is -2.28. The van der Waals surface area contributed by atoms with Crippen molar-refractivity contribution in [2.75, 3.05) is 16.6 Å². The zero-order chi connectivity index (χ0) is 22.2. The molecule has 0 aromatic heterocycles. The molecule has 6 nitrogen and oxygen atoms in total. The van der Waals surface area contributed by atoms with E-state index in [1.807, 2.05) is 68.4 Å². The SMILES string of the molecule is CCOc1ccc(N2C(=O)[C@@H]3[C@H](ON(c4ccccc4)[C@@H]3c3ccc(C)cc3)C2=O)cc1. The van der Waals surface area contributed by atoms with Gasteiger partial charge in [-0.2, -0.15) is 0 Å². The van der Waals surface area contributed by atoms with Crippen LogP contribution in [-0.2, 0) is 14.4 Å². The lowest BCUT2D eigenvalue weighted by atomic mass is 9.90. The molecule has 0 N–H and O–H groups in total. The van der Waals surface area contributed by atoms with Gasteiger partial charge >= 0.3 is 0 Å². The number of benzene rings is 3. The fraction of sp³-hybridized carbons (Fsp3) is 0.231. The van der Waals surface area contributed by atoms with Crippen LogP contribution in [0.5, 0.6) is 5.75 Å². The second-order valence-corrected chi connectivity index (χ2v) is 8.01. The number of hydroxylamine groups is 1. The third kappa shape index (κ3) is 3.33. The van der Waals surface area contributed by atoms with Crippen LogP contribution >= 0.6 is 0 Å². The molecule has 2 heterocycles. The number of para-hydroxylation sites is 1. The largest absolute Gasteiger partial charge is 0.494 e. The van der Waals surface area contributed by atoms with E-state index in [2.05, 4.69) is 0 Å². The number of carbonyl (C=O) groups excluding carboxylic acids is 2. The van der Waals surface area contributed by atoms with E-state index in [0.29, 0.717) is 18.0 Å². The standard InChI is InChI=1S/C26H24N2O4/c1-3-31-21-15-13-19(14-16-21)27-25(29)22-23(18-11-9-17(2)10-12-18)28(32-24(22)26(27)30)20-7-5-4-6-8-20/h4-16,22-24H,3H2,1-2H3/t22-,23+,24-/m0/s1. The van der Waals surface area contributed by atoms with Crippen LogP contribution in [0.1, 0.15) is 24.1 Å². The molecule has 3 aromatic rings. The minimum atomic E-state index is -0.874. The third-order valence-electron chi connectivity index (χ3n) is 5.95. The fourth-order valence-corrected chi connectivity index (χ4v) is 4.43. The van der Waals surface area contributed by atoms with Gasteiger partial charge in [0.2, 0.25) is 5.91 Å². The van der Waals surface area contributed by atoms with Crippen molar-refractivity contribution in [3.05, 3.63) is 90.0 Å². The van der Waals surface area contributed by atoms with E-state index < -0.39 is 18.1 Å². The molecule has 32 heavy (non-hydrogen) atoms. The zero-order valence-electron chi connectivity index (χ0n) is 18.0. The van der Waals surface area contributed by atoms with Crippen molar-refractivity contribution < 1.29 is 19.2 Å². The van der Waals surface area contributed by atoms with Crippen LogP contribution in [0.2, 0.25) is 0 Å². The van der Waals surface area contributed by atoms with Gasteiger partial charge in [-0.05, 0) is 55.8 Å². The first-order valence-corrected chi connectivity index (χ1v) is 10.8. The van der Waals surface area contributed by atoms with E-state index in [-0.39, 0.29) is 11.8 Å². The van der Waals surface area contributed by atoms with Crippen molar-refractivity contribution in [2.24, 2.45) is 5.92 Å². The smallest absolute Gasteiger partial charge is 0.266 e. The number of aryl methyl sites for hydroxylation is 1. The number of imide groups is 1. The molecule has 2 fully saturated rings. The summed E-state index contributed by atoms with van der Waals surface area (Å²) >= 11 is 0. The van der Waals surface area contributed by atoms with Crippen molar-refractivity contribution in [1.29, 1.82) is 0 Å². The summed E-state index contributed by atoms with van der Waals surface area (Å²) in [6.45, 7) is 4.47. The fourth-order valence-electron chi connectivity index (χ4n) is 4.43. The first-order chi connectivity index (χ1) is 15.6. The number of fused-ring (bicyclic) bond motifs is 1. The topological polar surface area (TPSA) is 59.1 Å². The van der Waals surface area contributed by atoms with Crippen molar-refractivity contribution in [1.82, 2.24) is 0 Å². The van der Waals surface area contributed by atoms with Crippen LogP contribution in [0.3, 0.4) is 0 Å². The molecule has 0 bridgehead atoms. The summed E-state index contributed by atoms with van der Waals surface area (Å²) in [5.41, 5.74) is 3.39. The van der Waals surface area contributed by atoms with Crippen LogP contribution in [-0.4, -0.2) is 24.5 Å². The highest BCUT2D eigenvalue weighted by Crippen LogP contribution is 2.47. The molecular formula is C26H24N2O4. The Morgan fingerprint density at radius 1 is 0.844 bits per heavy atom. The van der Waals surface area contributed by atoms with Gasteiger partial charge in [0.05, 0.1) is 24.0 Å².